The molecule has 88 valence electrons. The monoisotopic (exact) mass is 254 g/mol. The molecule has 0 spiro atoms. The van der Waals surface area contributed by atoms with Crippen LogP contribution in [0.4, 0.5) is 0 Å². The second-order valence-corrected chi connectivity index (χ2v) is 4.52. The Balaban J connectivity index is 3.70. The van der Waals surface area contributed by atoms with Gasteiger partial charge in [0.1, 0.15) is 4.87 Å². The smallest absolute Gasteiger partial charge is 0.307 e. The molecule has 0 aromatic carbocycles. The van der Waals surface area contributed by atoms with Crippen LogP contribution >= 0.6 is 24.2 Å². The van der Waals surface area contributed by atoms with E-state index in [1.54, 1.807) is 6.92 Å². The number of esters is 1. The summed E-state index contributed by atoms with van der Waals surface area (Å²) in [6, 6.07) is 0. The highest BCUT2D eigenvalue weighted by Gasteiger charge is 2.27. The minimum absolute atomic E-state index is 0.0531. The largest absolute Gasteiger partial charge is 0.438 e. The van der Waals surface area contributed by atoms with E-state index in [-0.39, 0.29) is 19.2 Å². The van der Waals surface area contributed by atoms with Crippen LogP contribution in [0.5, 0.6) is 0 Å². The Morgan fingerprint density at radius 2 is 2.07 bits per heavy atom. The van der Waals surface area contributed by atoms with Crippen LogP contribution in [0.15, 0.2) is 0 Å². The lowest BCUT2D eigenvalue weighted by molar-refractivity contribution is -0.154. The molecule has 0 aliphatic rings. The number of ether oxygens (including phenoxy) is 2. The van der Waals surface area contributed by atoms with Gasteiger partial charge in [-0.25, -0.2) is 0 Å². The van der Waals surface area contributed by atoms with Crippen LogP contribution < -0.4 is 0 Å². The molecule has 1 atom stereocenters. The van der Waals surface area contributed by atoms with Crippen LogP contribution in [0.3, 0.4) is 0 Å². The Morgan fingerprint density at radius 3 is 2.53 bits per heavy atom. The van der Waals surface area contributed by atoms with E-state index in [2.05, 4.69) is 22.1 Å². The molecule has 0 aliphatic carbocycles. The van der Waals surface area contributed by atoms with Crippen molar-refractivity contribution in [2.75, 3.05) is 13.9 Å². The molecule has 0 N–H and O–H groups in total. The maximum atomic E-state index is 11.0. The van der Waals surface area contributed by atoms with Crippen molar-refractivity contribution in [3.63, 3.8) is 0 Å². The van der Waals surface area contributed by atoms with Crippen molar-refractivity contribution >= 4 is 35.3 Å². The van der Waals surface area contributed by atoms with E-state index in [1.807, 2.05) is 0 Å². The van der Waals surface area contributed by atoms with Crippen LogP contribution in [-0.2, 0) is 19.1 Å². The van der Waals surface area contributed by atoms with E-state index in [1.165, 1.54) is 7.11 Å². The summed E-state index contributed by atoms with van der Waals surface area (Å²) in [7, 11) is 1.43. The van der Waals surface area contributed by atoms with Gasteiger partial charge in [0.15, 0.2) is 6.79 Å². The van der Waals surface area contributed by atoms with Crippen molar-refractivity contribution in [2.45, 2.75) is 31.1 Å². The van der Waals surface area contributed by atoms with E-state index in [0.717, 1.165) is 0 Å². The minimum atomic E-state index is -1.01. The molecular formula is C9H15ClO4S. The van der Waals surface area contributed by atoms with E-state index in [4.69, 9.17) is 11.6 Å². The molecule has 15 heavy (non-hydrogen) atoms. The molecule has 0 fully saturated rings. The summed E-state index contributed by atoms with van der Waals surface area (Å²) in [5, 5.41) is -0.394. The Kier molecular flexibility index (Phi) is 6.96. The average molecular weight is 255 g/mol. The molecule has 0 aliphatic heterocycles. The van der Waals surface area contributed by atoms with E-state index >= 15 is 0 Å². The molecule has 0 heterocycles. The van der Waals surface area contributed by atoms with Gasteiger partial charge in [-0.05, 0) is 19.8 Å². The first-order valence-electron chi connectivity index (χ1n) is 4.47. The van der Waals surface area contributed by atoms with Crippen LogP contribution in [0.25, 0.3) is 0 Å². The zero-order valence-electron chi connectivity index (χ0n) is 8.79. The van der Waals surface area contributed by atoms with E-state index in [0.29, 0.717) is 12.8 Å². The molecule has 0 saturated carbocycles. The zero-order chi connectivity index (χ0) is 11.9. The van der Waals surface area contributed by atoms with Crippen molar-refractivity contribution in [3.8, 4) is 0 Å². The molecule has 0 radical (unpaired) electrons. The number of halogens is 1. The molecule has 6 heteroatoms. The number of carbonyl (C=O) groups is 2. The van der Waals surface area contributed by atoms with Crippen LogP contribution in [-0.4, -0.2) is 29.9 Å². The second kappa shape index (κ2) is 7.09. The topological polar surface area (TPSA) is 52.6 Å². The highest BCUT2D eigenvalue weighted by molar-refractivity contribution is 7.97. The summed E-state index contributed by atoms with van der Waals surface area (Å²) in [6.45, 7) is 1.52. The fourth-order valence-electron chi connectivity index (χ4n) is 0.868. The quantitative estimate of drug-likeness (QED) is 0.326. The molecule has 0 aromatic rings. The third-order valence-corrected chi connectivity index (χ3v) is 2.80. The highest BCUT2D eigenvalue weighted by atomic mass is 35.5. The predicted molar refractivity (Wildman–Crippen MR) is 60.1 cm³/mol. The van der Waals surface area contributed by atoms with Gasteiger partial charge in [-0.3, -0.25) is 9.59 Å². The third kappa shape index (κ3) is 6.76. The maximum Gasteiger partial charge on any atom is 0.307 e. The Labute approximate surface area is 99.7 Å². The van der Waals surface area contributed by atoms with Gasteiger partial charge in [-0.2, -0.15) is 0 Å². The van der Waals surface area contributed by atoms with Crippen molar-refractivity contribution < 1.29 is 19.1 Å². The molecule has 4 nitrogen and oxygen atoms in total. The zero-order valence-corrected chi connectivity index (χ0v) is 10.4. The number of hydrogen-bond acceptors (Lipinski definition) is 4. The summed E-state index contributed by atoms with van der Waals surface area (Å²) in [6.07, 6.45) is 1.08. The number of rotatable bonds is 7. The third-order valence-electron chi connectivity index (χ3n) is 1.81. The first-order chi connectivity index (χ1) is 6.90. The number of methoxy groups -OCH3 is 1. The van der Waals surface area contributed by atoms with Gasteiger partial charge in [-0.1, -0.05) is 0 Å². The molecule has 0 aromatic heterocycles. The van der Waals surface area contributed by atoms with Gasteiger partial charge in [-0.15, -0.1) is 24.2 Å². The number of thiol groups is 1. The average Bonchev–Trinajstić information content (AvgIpc) is 2.14. The Hall–Kier alpha value is -0.260. The summed E-state index contributed by atoms with van der Waals surface area (Å²) in [5.41, 5.74) is 0. The van der Waals surface area contributed by atoms with Crippen molar-refractivity contribution in [1.29, 1.82) is 0 Å². The first-order valence-corrected chi connectivity index (χ1v) is 5.29. The molecule has 0 saturated heterocycles. The molecule has 1 unspecified atom stereocenters. The van der Waals surface area contributed by atoms with E-state index in [9.17, 15) is 9.59 Å². The summed E-state index contributed by atoms with van der Waals surface area (Å²) in [4.78, 5) is 20.9. The molecule has 0 bridgehead atoms. The van der Waals surface area contributed by atoms with Crippen molar-refractivity contribution in [3.05, 3.63) is 0 Å². The van der Waals surface area contributed by atoms with Crippen LogP contribution in [0, 0.1) is 0 Å². The molecule has 0 rings (SSSR count). The second-order valence-electron chi connectivity index (χ2n) is 3.28. The van der Waals surface area contributed by atoms with Gasteiger partial charge >= 0.3 is 5.97 Å². The summed E-state index contributed by atoms with van der Waals surface area (Å²) < 4.78 is 9.22. The summed E-state index contributed by atoms with van der Waals surface area (Å²) >= 11 is 9.51. The van der Waals surface area contributed by atoms with Gasteiger partial charge in [0.05, 0.1) is 0 Å². The van der Waals surface area contributed by atoms with Crippen molar-refractivity contribution in [2.24, 2.45) is 0 Å². The van der Waals surface area contributed by atoms with Gasteiger partial charge < -0.3 is 9.47 Å². The fourth-order valence-corrected chi connectivity index (χ4v) is 1.11. The number of hydrogen-bond donors (Lipinski definition) is 1. The lowest BCUT2D eigenvalue weighted by Gasteiger charge is -2.16. The standard InChI is InChI=1S/C9H15ClO4S/c1-9(10,8(12)15)5-3-4-7(11)14-6-13-2/h3-6H2,1-2H3,(H,12,15). The highest BCUT2D eigenvalue weighted by Crippen LogP contribution is 2.24. The lowest BCUT2D eigenvalue weighted by Crippen LogP contribution is -2.24. The minimum Gasteiger partial charge on any atom is -0.438 e. The van der Waals surface area contributed by atoms with Gasteiger partial charge in [0.2, 0.25) is 5.12 Å². The molecule has 0 amide bonds. The SMILES string of the molecule is COCOC(=O)CCCC(C)(Cl)C(=O)S. The lowest BCUT2D eigenvalue weighted by atomic mass is 10.0. The number of carbonyl (C=O) groups excluding carboxylic acids is 2. The maximum absolute atomic E-state index is 11.0. The van der Waals surface area contributed by atoms with E-state index < -0.39 is 9.99 Å². The van der Waals surface area contributed by atoms with Gasteiger partial charge in [0.25, 0.3) is 0 Å². The summed E-state index contributed by atoms with van der Waals surface area (Å²) in [5.74, 6) is -0.365. The number of alkyl halides is 1. The first kappa shape index (κ1) is 14.7. The fraction of sp³-hybridized carbons (Fsp3) is 0.778. The Morgan fingerprint density at radius 1 is 1.47 bits per heavy atom. The predicted octanol–water partition coefficient (Wildman–Crippen LogP) is 1.76. The van der Waals surface area contributed by atoms with Crippen LogP contribution in [0.2, 0.25) is 0 Å². The molecular weight excluding hydrogens is 240 g/mol. The van der Waals surface area contributed by atoms with Crippen molar-refractivity contribution in [1.82, 2.24) is 0 Å². The van der Waals surface area contributed by atoms with Crippen LogP contribution in [0.1, 0.15) is 26.2 Å². The van der Waals surface area contributed by atoms with Gasteiger partial charge in [0, 0.05) is 13.5 Å². The Bertz CT molecular complexity index is 230. The normalized spacial score (nSPS) is 14.4.